The number of furan rings is 1. The number of hydrogen-bond acceptors (Lipinski definition) is 4. The molecule has 8 aromatic carbocycles. The van der Waals surface area contributed by atoms with E-state index in [2.05, 4.69) is 197 Å². The van der Waals surface area contributed by atoms with Gasteiger partial charge in [0.25, 0.3) is 0 Å². The number of nitrogens with zero attached hydrogens (tertiary/aromatic N) is 4. The SMILES string of the molecule is C1=CCC(c2cc3nc(-n4c5ccc(-c6cccc7c6c6ccccc6n7-c6ccc7oc8ccccc8c7c6)cc5c5ccc6ccccc6c54)nc(-c4ccccc4)c3s2)C=C1. The molecule has 14 rings (SSSR count). The van der Waals surface area contributed by atoms with Gasteiger partial charge in [-0.15, -0.1) is 11.3 Å². The standard InChI is InChI=1S/C58H36N4OS/c1-3-15-36(16-4-1)53-34-47-57(64-53)55(37-17-5-2-6-18-37)60-58(59-47)62-49-30-27-38(32-45(49)43-29-26-35-14-7-8-19-41(35)56(43)62)40-22-13-24-50-54(40)44-21-9-11-23-48(44)61(50)39-28-31-52-46(33-39)42-20-10-12-25-51(42)63-52/h1-15,17-34,36H,16H2. The highest BCUT2D eigenvalue weighted by molar-refractivity contribution is 7.19. The van der Waals surface area contributed by atoms with Crippen molar-refractivity contribution in [3.63, 3.8) is 0 Å². The second-order valence-corrected chi connectivity index (χ2v) is 17.9. The minimum absolute atomic E-state index is 0.325. The van der Waals surface area contributed by atoms with E-state index in [1.165, 1.54) is 37.4 Å². The number of thiophene rings is 1. The molecule has 0 aliphatic heterocycles. The summed E-state index contributed by atoms with van der Waals surface area (Å²) in [7, 11) is 0. The van der Waals surface area contributed by atoms with Crippen molar-refractivity contribution in [1.29, 1.82) is 0 Å². The lowest BCUT2D eigenvalue weighted by Gasteiger charge is -2.11. The molecule has 0 spiro atoms. The molecule has 1 aliphatic rings. The molecular formula is C58H36N4OS. The van der Waals surface area contributed by atoms with Crippen molar-refractivity contribution in [3.8, 4) is 34.0 Å². The van der Waals surface area contributed by atoms with E-state index in [1.807, 2.05) is 23.5 Å². The van der Waals surface area contributed by atoms with E-state index in [0.717, 1.165) is 88.5 Å². The minimum atomic E-state index is 0.325. The molecule has 0 fully saturated rings. The topological polar surface area (TPSA) is 48.8 Å². The van der Waals surface area contributed by atoms with Crippen molar-refractivity contribution in [2.24, 2.45) is 0 Å². The Balaban J connectivity index is 1.01. The molecular weight excluding hydrogens is 801 g/mol. The highest BCUT2D eigenvalue weighted by Gasteiger charge is 2.24. The number of benzene rings is 8. The Bertz CT molecular complexity index is 4120. The lowest BCUT2D eigenvalue weighted by atomic mass is 9.97. The molecule has 6 heteroatoms. The van der Waals surface area contributed by atoms with Crippen LogP contribution in [0.25, 0.3) is 121 Å². The maximum Gasteiger partial charge on any atom is 0.235 e. The van der Waals surface area contributed by atoms with Gasteiger partial charge in [-0.2, -0.15) is 0 Å². The zero-order chi connectivity index (χ0) is 41.9. The fourth-order valence-electron chi connectivity index (χ4n) is 10.3. The van der Waals surface area contributed by atoms with Crippen LogP contribution in [0.3, 0.4) is 0 Å². The van der Waals surface area contributed by atoms with Crippen LogP contribution >= 0.6 is 11.3 Å². The summed E-state index contributed by atoms with van der Waals surface area (Å²) in [5, 5.41) is 9.34. The predicted octanol–water partition coefficient (Wildman–Crippen LogP) is 15.9. The van der Waals surface area contributed by atoms with Gasteiger partial charge in [0.05, 0.1) is 38.0 Å². The van der Waals surface area contributed by atoms with E-state index in [-0.39, 0.29) is 0 Å². The van der Waals surface area contributed by atoms with Crippen LogP contribution in [-0.4, -0.2) is 19.1 Å². The first-order valence-corrected chi connectivity index (χ1v) is 22.7. The Hall–Kier alpha value is -8.06. The van der Waals surface area contributed by atoms with Gasteiger partial charge in [-0.25, -0.2) is 9.97 Å². The summed E-state index contributed by atoms with van der Waals surface area (Å²) in [6.45, 7) is 0. The lowest BCUT2D eigenvalue weighted by molar-refractivity contribution is 0.669. The zero-order valence-electron chi connectivity index (χ0n) is 34.4. The summed E-state index contributed by atoms with van der Waals surface area (Å²) in [5.74, 6) is 0.997. The number of allylic oxidation sites excluding steroid dienone is 4. The minimum Gasteiger partial charge on any atom is -0.456 e. The summed E-state index contributed by atoms with van der Waals surface area (Å²) in [6, 6.07) is 63.4. The fraction of sp³-hybridized carbons (Fsp3) is 0.0345. The summed E-state index contributed by atoms with van der Waals surface area (Å²) < 4.78 is 12.1. The first kappa shape index (κ1) is 35.5. The van der Waals surface area contributed by atoms with Gasteiger partial charge in [-0.3, -0.25) is 4.57 Å². The van der Waals surface area contributed by atoms with Crippen molar-refractivity contribution >= 4 is 97.9 Å². The van der Waals surface area contributed by atoms with Crippen molar-refractivity contribution < 1.29 is 4.42 Å². The monoisotopic (exact) mass is 836 g/mol. The van der Waals surface area contributed by atoms with Gasteiger partial charge in [-0.05, 0) is 77.5 Å². The fourth-order valence-corrected chi connectivity index (χ4v) is 11.6. The van der Waals surface area contributed by atoms with E-state index in [9.17, 15) is 0 Å². The second-order valence-electron chi connectivity index (χ2n) is 16.8. The van der Waals surface area contributed by atoms with E-state index in [0.29, 0.717) is 11.9 Å². The van der Waals surface area contributed by atoms with Gasteiger partial charge < -0.3 is 8.98 Å². The Labute approximate surface area is 371 Å². The largest absolute Gasteiger partial charge is 0.456 e. The van der Waals surface area contributed by atoms with Crippen LogP contribution in [0.4, 0.5) is 0 Å². The van der Waals surface area contributed by atoms with Crippen LogP contribution in [0.1, 0.15) is 17.2 Å². The van der Waals surface area contributed by atoms with Gasteiger partial charge >= 0.3 is 0 Å². The van der Waals surface area contributed by atoms with Crippen molar-refractivity contribution in [1.82, 2.24) is 19.1 Å². The molecule has 5 aromatic heterocycles. The molecule has 0 radical (unpaired) electrons. The molecule has 64 heavy (non-hydrogen) atoms. The van der Waals surface area contributed by atoms with Gasteiger partial charge in [0.2, 0.25) is 5.95 Å². The molecule has 0 bridgehead atoms. The molecule has 1 unspecified atom stereocenters. The van der Waals surface area contributed by atoms with Gasteiger partial charge in [-0.1, -0.05) is 146 Å². The Kier molecular flexibility index (Phi) is 7.62. The Morgan fingerprint density at radius 2 is 1.33 bits per heavy atom. The molecule has 0 amide bonds. The van der Waals surface area contributed by atoms with E-state index >= 15 is 0 Å². The number of fused-ring (bicyclic) bond motifs is 12. The van der Waals surface area contributed by atoms with E-state index in [1.54, 1.807) is 0 Å². The lowest BCUT2D eigenvalue weighted by Crippen LogP contribution is -2.03. The smallest absolute Gasteiger partial charge is 0.235 e. The Morgan fingerprint density at radius 1 is 0.531 bits per heavy atom. The van der Waals surface area contributed by atoms with Crippen LogP contribution in [0, 0.1) is 0 Å². The first-order valence-electron chi connectivity index (χ1n) is 21.8. The maximum atomic E-state index is 6.24. The highest BCUT2D eigenvalue weighted by Crippen LogP contribution is 2.44. The number of rotatable bonds is 5. The summed E-state index contributed by atoms with van der Waals surface area (Å²) in [5.41, 5.74) is 12.8. The third kappa shape index (κ3) is 5.23. The summed E-state index contributed by atoms with van der Waals surface area (Å²) >= 11 is 1.82. The number of para-hydroxylation sites is 2. The molecule has 1 atom stereocenters. The van der Waals surface area contributed by atoms with E-state index < -0.39 is 0 Å². The third-order valence-electron chi connectivity index (χ3n) is 13.3. The van der Waals surface area contributed by atoms with Crippen LogP contribution in [0.2, 0.25) is 0 Å². The van der Waals surface area contributed by atoms with Crippen LogP contribution in [0.15, 0.2) is 205 Å². The predicted molar refractivity (Wildman–Crippen MR) is 267 cm³/mol. The Morgan fingerprint density at radius 3 is 2.23 bits per heavy atom. The van der Waals surface area contributed by atoms with Gasteiger partial charge in [0, 0.05) is 59.7 Å². The van der Waals surface area contributed by atoms with Crippen molar-refractivity contribution in [2.45, 2.75) is 12.3 Å². The van der Waals surface area contributed by atoms with Crippen molar-refractivity contribution in [3.05, 3.63) is 205 Å². The van der Waals surface area contributed by atoms with Crippen LogP contribution in [-0.2, 0) is 0 Å². The van der Waals surface area contributed by atoms with E-state index in [4.69, 9.17) is 14.4 Å². The molecule has 300 valence electrons. The number of hydrogen-bond donors (Lipinski definition) is 0. The zero-order valence-corrected chi connectivity index (χ0v) is 35.3. The molecule has 0 N–H and O–H groups in total. The van der Waals surface area contributed by atoms with Gasteiger partial charge in [0.1, 0.15) is 11.2 Å². The highest BCUT2D eigenvalue weighted by atomic mass is 32.1. The quantitative estimate of drug-likeness (QED) is 0.173. The third-order valence-corrected chi connectivity index (χ3v) is 14.5. The number of aromatic nitrogens is 4. The normalized spacial score (nSPS) is 14.2. The summed E-state index contributed by atoms with van der Waals surface area (Å²) in [4.78, 5) is 12.3. The summed E-state index contributed by atoms with van der Waals surface area (Å²) in [6.07, 6.45) is 9.84. The van der Waals surface area contributed by atoms with Crippen LogP contribution in [0.5, 0.6) is 0 Å². The average molecular weight is 837 g/mol. The average Bonchev–Trinajstić information content (AvgIpc) is 4.13. The first-order chi connectivity index (χ1) is 31.7. The molecule has 13 aromatic rings. The second kappa shape index (κ2) is 13.7. The maximum absolute atomic E-state index is 6.24. The molecule has 0 saturated carbocycles. The van der Waals surface area contributed by atoms with Crippen LogP contribution < -0.4 is 0 Å². The molecule has 0 saturated heterocycles. The van der Waals surface area contributed by atoms with Crippen molar-refractivity contribution in [2.75, 3.05) is 0 Å². The molecule has 5 heterocycles. The molecule has 5 nitrogen and oxygen atoms in total. The molecule has 1 aliphatic carbocycles. The van der Waals surface area contributed by atoms with Gasteiger partial charge in [0.15, 0.2) is 0 Å².